The van der Waals surface area contributed by atoms with Gasteiger partial charge in [-0.15, -0.1) is 0 Å². The van der Waals surface area contributed by atoms with Crippen molar-refractivity contribution in [2.75, 3.05) is 18.0 Å². The van der Waals surface area contributed by atoms with Crippen LogP contribution in [0.5, 0.6) is 0 Å². The van der Waals surface area contributed by atoms with Gasteiger partial charge in [0.15, 0.2) is 0 Å². The van der Waals surface area contributed by atoms with Gasteiger partial charge >= 0.3 is 0 Å². The maximum absolute atomic E-state index is 4.78. The van der Waals surface area contributed by atoms with E-state index in [4.69, 9.17) is 4.98 Å². The first-order valence-corrected chi connectivity index (χ1v) is 7.83. The third-order valence-electron chi connectivity index (χ3n) is 3.85. The molecule has 0 aliphatic carbocycles. The second kappa shape index (κ2) is 6.53. The topological polar surface area (TPSA) is 41.1 Å². The first-order valence-electron chi connectivity index (χ1n) is 7.83. The molecule has 2 heterocycles. The summed E-state index contributed by atoms with van der Waals surface area (Å²) in [6, 6.07) is 3.16. The zero-order valence-electron chi connectivity index (χ0n) is 13.5. The maximum Gasteiger partial charge on any atom is 0.226 e. The number of aromatic nitrogens is 2. The fraction of sp³-hybridized carbons (Fsp3) is 0.750. The zero-order chi connectivity index (χ0) is 14.7. The van der Waals surface area contributed by atoms with Gasteiger partial charge in [0, 0.05) is 36.6 Å². The Morgan fingerprint density at radius 3 is 2.70 bits per heavy atom. The fourth-order valence-corrected chi connectivity index (χ4v) is 2.68. The summed E-state index contributed by atoms with van der Waals surface area (Å²) in [6.07, 6.45) is 2.47. The average molecular weight is 276 g/mol. The van der Waals surface area contributed by atoms with E-state index in [-0.39, 0.29) is 0 Å². The minimum Gasteiger partial charge on any atom is -0.337 e. The fourth-order valence-electron chi connectivity index (χ4n) is 2.68. The Hall–Kier alpha value is -1.16. The first kappa shape index (κ1) is 15.2. The van der Waals surface area contributed by atoms with Gasteiger partial charge in [0.05, 0.1) is 0 Å². The van der Waals surface area contributed by atoms with Crippen molar-refractivity contribution in [1.29, 1.82) is 0 Å². The van der Waals surface area contributed by atoms with E-state index in [1.807, 2.05) is 0 Å². The zero-order valence-corrected chi connectivity index (χ0v) is 13.5. The van der Waals surface area contributed by atoms with E-state index in [0.717, 1.165) is 30.4 Å². The molecule has 20 heavy (non-hydrogen) atoms. The molecule has 1 aromatic rings. The summed E-state index contributed by atoms with van der Waals surface area (Å²) in [4.78, 5) is 11.8. The predicted molar refractivity (Wildman–Crippen MR) is 84.4 cm³/mol. The number of aryl methyl sites for hydroxylation is 1. The lowest BCUT2D eigenvalue weighted by molar-refractivity contribution is 0.520. The molecule has 1 saturated heterocycles. The van der Waals surface area contributed by atoms with Crippen LogP contribution in [0.1, 0.15) is 57.8 Å². The SMILES string of the molecule is Cc1cc(C(C)C)nc(N2CCCC2CNC(C)C)n1. The van der Waals surface area contributed by atoms with Crippen LogP contribution >= 0.6 is 0 Å². The second-order valence-electron chi connectivity index (χ2n) is 6.44. The average Bonchev–Trinajstić information content (AvgIpc) is 2.83. The lowest BCUT2D eigenvalue weighted by Gasteiger charge is -2.26. The minimum atomic E-state index is 0.449. The van der Waals surface area contributed by atoms with E-state index in [1.165, 1.54) is 12.8 Å². The van der Waals surface area contributed by atoms with Crippen molar-refractivity contribution < 1.29 is 0 Å². The molecule has 1 aliphatic heterocycles. The molecule has 0 spiro atoms. The molecule has 1 atom stereocenters. The highest BCUT2D eigenvalue weighted by Crippen LogP contribution is 2.24. The summed E-state index contributed by atoms with van der Waals surface area (Å²) in [5, 5.41) is 3.54. The summed E-state index contributed by atoms with van der Waals surface area (Å²) in [7, 11) is 0. The Bertz CT molecular complexity index is 442. The van der Waals surface area contributed by atoms with Crippen LogP contribution in [-0.4, -0.2) is 35.1 Å². The quantitative estimate of drug-likeness (QED) is 0.898. The summed E-state index contributed by atoms with van der Waals surface area (Å²) in [5.41, 5.74) is 2.22. The lowest BCUT2D eigenvalue weighted by Crippen LogP contribution is -2.41. The van der Waals surface area contributed by atoms with E-state index >= 15 is 0 Å². The van der Waals surface area contributed by atoms with E-state index in [0.29, 0.717) is 18.0 Å². The first-order chi connectivity index (χ1) is 9.47. The van der Waals surface area contributed by atoms with Crippen LogP contribution in [0.2, 0.25) is 0 Å². The van der Waals surface area contributed by atoms with E-state index in [2.05, 4.69) is 55.9 Å². The van der Waals surface area contributed by atoms with Gasteiger partial charge in [-0.1, -0.05) is 27.7 Å². The summed E-state index contributed by atoms with van der Waals surface area (Å²) >= 11 is 0. The van der Waals surface area contributed by atoms with Gasteiger partial charge in [-0.05, 0) is 31.7 Å². The molecule has 112 valence electrons. The molecule has 1 aliphatic rings. The molecule has 1 fully saturated rings. The summed E-state index contributed by atoms with van der Waals surface area (Å²) < 4.78 is 0. The number of nitrogens with one attached hydrogen (secondary N) is 1. The smallest absolute Gasteiger partial charge is 0.226 e. The van der Waals surface area contributed by atoms with Crippen molar-refractivity contribution in [2.24, 2.45) is 0 Å². The third-order valence-corrected chi connectivity index (χ3v) is 3.85. The molecule has 0 radical (unpaired) electrons. The maximum atomic E-state index is 4.78. The second-order valence-corrected chi connectivity index (χ2v) is 6.44. The van der Waals surface area contributed by atoms with Gasteiger partial charge in [0.1, 0.15) is 0 Å². The van der Waals surface area contributed by atoms with Gasteiger partial charge in [-0.2, -0.15) is 0 Å². The van der Waals surface area contributed by atoms with Crippen molar-refractivity contribution in [1.82, 2.24) is 15.3 Å². The molecule has 2 rings (SSSR count). The standard InChI is InChI=1S/C16H28N4/c1-11(2)15-9-13(5)18-16(19-15)20-8-6-7-14(20)10-17-12(3)4/h9,11-12,14,17H,6-8,10H2,1-5H3. The Morgan fingerprint density at radius 2 is 2.05 bits per heavy atom. The van der Waals surface area contributed by atoms with Crippen molar-refractivity contribution in [3.8, 4) is 0 Å². The number of hydrogen-bond donors (Lipinski definition) is 1. The van der Waals surface area contributed by atoms with Crippen LogP contribution in [0.25, 0.3) is 0 Å². The Labute approximate surface area is 123 Å². The Balaban J connectivity index is 2.16. The van der Waals surface area contributed by atoms with Crippen molar-refractivity contribution in [3.05, 3.63) is 17.5 Å². The van der Waals surface area contributed by atoms with E-state index in [1.54, 1.807) is 0 Å². The van der Waals surface area contributed by atoms with Gasteiger partial charge in [-0.3, -0.25) is 0 Å². The highest BCUT2D eigenvalue weighted by atomic mass is 15.3. The molecule has 0 bridgehead atoms. The summed E-state index contributed by atoms with van der Waals surface area (Å²) in [5.74, 6) is 1.37. The largest absolute Gasteiger partial charge is 0.337 e. The normalized spacial score (nSPS) is 19.4. The molecule has 0 amide bonds. The number of rotatable bonds is 5. The predicted octanol–water partition coefficient (Wildman–Crippen LogP) is 2.88. The van der Waals surface area contributed by atoms with Crippen molar-refractivity contribution >= 4 is 5.95 Å². The number of anilines is 1. The Kier molecular flexibility index (Phi) is 4.97. The van der Waals surface area contributed by atoms with E-state index < -0.39 is 0 Å². The van der Waals surface area contributed by atoms with Crippen LogP contribution in [0.3, 0.4) is 0 Å². The molecule has 0 saturated carbocycles. The highest BCUT2D eigenvalue weighted by molar-refractivity contribution is 5.36. The third kappa shape index (κ3) is 3.69. The van der Waals surface area contributed by atoms with Crippen LogP contribution in [0, 0.1) is 6.92 Å². The molecule has 4 heteroatoms. The van der Waals surface area contributed by atoms with Crippen molar-refractivity contribution in [2.45, 2.75) is 65.5 Å². The molecule has 1 N–H and O–H groups in total. The van der Waals surface area contributed by atoms with Crippen molar-refractivity contribution in [3.63, 3.8) is 0 Å². The highest BCUT2D eigenvalue weighted by Gasteiger charge is 2.27. The molecule has 1 unspecified atom stereocenters. The number of nitrogens with zero attached hydrogens (tertiary/aromatic N) is 3. The van der Waals surface area contributed by atoms with Gasteiger partial charge in [-0.25, -0.2) is 9.97 Å². The minimum absolute atomic E-state index is 0.449. The number of hydrogen-bond acceptors (Lipinski definition) is 4. The Morgan fingerprint density at radius 1 is 1.30 bits per heavy atom. The van der Waals surface area contributed by atoms with Crippen LogP contribution in [0.15, 0.2) is 6.07 Å². The van der Waals surface area contributed by atoms with Crippen LogP contribution in [-0.2, 0) is 0 Å². The van der Waals surface area contributed by atoms with Gasteiger partial charge in [0.25, 0.3) is 0 Å². The van der Waals surface area contributed by atoms with E-state index in [9.17, 15) is 0 Å². The van der Waals surface area contributed by atoms with Gasteiger partial charge < -0.3 is 10.2 Å². The molecule has 0 aromatic carbocycles. The monoisotopic (exact) mass is 276 g/mol. The summed E-state index contributed by atoms with van der Waals surface area (Å²) in [6.45, 7) is 12.9. The molecule has 4 nitrogen and oxygen atoms in total. The van der Waals surface area contributed by atoms with Crippen LogP contribution < -0.4 is 10.2 Å². The molecular formula is C16H28N4. The molecule has 1 aromatic heterocycles. The van der Waals surface area contributed by atoms with Gasteiger partial charge in [0.2, 0.25) is 5.95 Å². The van der Waals surface area contributed by atoms with Crippen LogP contribution in [0.4, 0.5) is 5.95 Å². The lowest BCUT2D eigenvalue weighted by atomic mass is 10.1. The molecular weight excluding hydrogens is 248 g/mol.